The van der Waals surface area contributed by atoms with E-state index in [4.69, 9.17) is 27.9 Å². The summed E-state index contributed by atoms with van der Waals surface area (Å²) in [5.74, 6) is 0.640. The SMILES string of the molecule is CCO[C@H]1C[C@@H]2CNC[C@]2(c2ccc(Cl)c(Cl)c2)C1.Cl. The van der Waals surface area contributed by atoms with Gasteiger partial charge in [-0.3, -0.25) is 0 Å². The summed E-state index contributed by atoms with van der Waals surface area (Å²) in [6.07, 6.45) is 2.60. The molecule has 1 saturated heterocycles. The fourth-order valence-corrected chi connectivity index (χ4v) is 4.09. The maximum atomic E-state index is 6.19. The highest BCUT2D eigenvalue weighted by Crippen LogP contribution is 2.49. The van der Waals surface area contributed by atoms with Crippen LogP contribution in [0.1, 0.15) is 25.3 Å². The third kappa shape index (κ3) is 2.69. The maximum absolute atomic E-state index is 6.19. The Morgan fingerprint density at radius 1 is 1.35 bits per heavy atom. The first kappa shape index (κ1) is 16.4. The summed E-state index contributed by atoms with van der Waals surface area (Å²) in [6, 6.07) is 6.08. The number of hydrogen-bond donors (Lipinski definition) is 1. The third-order valence-corrected chi connectivity index (χ3v) is 5.39. The Morgan fingerprint density at radius 2 is 2.15 bits per heavy atom. The lowest BCUT2D eigenvalue weighted by atomic mass is 9.74. The highest BCUT2D eigenvalue weighted by Gasteiger charge is 2.51. The molecular weight excluding hydrogens is 317 g/mol. The topological polar surface area (TPSA) is 21.3 Å². The molecule has 0 amide bonds. The molecule has 0 radical (unpaired) electrons. The second-order valence-electron chi connectivity index (χ2n) is 5.63. The summed E-state index contributed by atoms with van der Waals surface area (Å²) in [7, 11) is 0. The van der Waals surface area contributed by atoms with Crippen LogP contribution in [0, 0.1) is 5.92 Å². The van der Waals surface area contributed by atoms with Crippen LogP contribution in [-0.4, -0.2) is 25.8 Å². The molecule has 1 aliphatic carbocycles. The van der Waals surface area contributed by atoms with E-state index >= 15 is 0 Å². The minimum absolute atomic E-state index is 0. The van der Waals surface area contributed by atoms with E-state index in [1.54, 1.807) is 0 Å². The standard InChI is InChI=1S/C15H19Cl2NO.ClH/c1-2-19-12-5-11-8-18-9-15(11,7-12)10-3-4-13(16)14(17)6-10;/h3-4,6,11-12,18H,2,5,7-9H2,1H3;1H/t11-,12+,15+;/m1./s1. The number of ether oxygens (including phenoxy) is 1. The van der Waals surface area contributed by atoms with E-state index in [0.29, 0.717) is 22.1 Å². The highest BCUT2D eigenvalue weighted by atomic mass is 35.5. The van der Waals surface area contributed by atoms with Crippen LogP contribution < -0.4 is 5.32 Å². The molecule has 0 bridgehead atoms. The molecule has 1 aromatic carbocycles. The number of halogens is 3. The van der Waals surface area contributed by atoms with Crippen molar-refractivity contribution in [2.45, 2.75) is 31.3 Å². The van der Waals surface area contributed by atoms with Gasteiger partial charge in [-0.25, -0.2) is 0 Å². The number of rotatable bonds is 3. The van der Waals surface area contributed by atoms with Gasteiger partial charge in [0.25, 0.3) is 0 Å². The number of fused-ring (bicyclic) bond motifs is 1. The molecule has 1 heterocycles. The average Bonchev–Trinajstić information content (AvgIpc) is 2.90. The van der Waals surface area contributed by atoms with Crippen molar-refractivity contribution in [1.29, 1.82) is 0 Å². The van der Waals surface area contributed by atoms with Gasteiger partial charge < -0.3 is 10.1 Å². The van der Waals surface area contributed by atoms with Crippen molar-refractivity contribution in [1.82, 2.24) is 5.32 Å². The predicted octanol–water partition coefficient (Wildman–Crippen LogP) is 4.07. The molecule has 2 fully saturated rings. The lowest BCUT2D eigenvalue weighted by Crippen LogP contribution is -2.31. The molecule has 0 aromatic heterocycles. The largest absolute Gasteiger partial charge is 0.378 e. The van der Waals surface area contributed by atoms with Crippen LogP contribution in [0.4, 0.5) is 0 Å². The molecule has 1 N–H and O–H groups in total. The zero-order valence-corrected chi connectivity index (χ0v) is 13.8. The number of nitrogens with one attached hydrogen (secondary N) is 1. The lowest BCUT2D eigenvalue weighted by Gasteiger charge is -2.29. The predicted molar refractivity (Wildman–Crippen MR) is 86.4 cm³/mol. The molecule has 0 unspecified atom stereocenters. The summed E-state index contributed by atoms with van der Waals surface area (Å²) in [4.78, 5) is 0. The Labute approximate surface area is 136 Å². The van der Waals surface area contributed by atoms with Gasteiger partial charge in [0.1, 0.15) is 0 Å². The summed E-state index contributed by atoms with van der Waals surface area (Å²) < 4.78 is 5.85. The Kier molecular flexibility index (Phi) is 5.25. The molecule has 112 valence electrons. The Hall–Kier alpha value is 0.01000. The first-order chi connectivity index (χ1) is 9.15. The van der Waals surface area contributed by atoms with Gasteiger partial charge in [-0.2, -0.15) is 0 Å². The molecular formula is C15H20Cl3NO. The molecule has 1 aromatic rings. The van der Waals surface area contributed by atoms with Crippen LogP contribution in [0.2, 0.25) is 10.0 Å². The molecule has 3 rings (SSSR count). The molecule has 2 aliphatic rings. The minimum Gasteiger partial charge on any atom is -0.378 e. The zero-order chi connectivity index (χ0) is 13.5. The van der Waals surface area contributed by atoms with E-state index in [0.717, 1.165) is 32.5 Å². The number of benzene rings is 1. The zero-order valence-electron chi connectivity index (χ0n) is 11.5. The molecule has 1 saturated carbocycles. The summed E-state index contributed by atoms with van der Waals surface area (Å²) in [5, 5.41) is 4.81. The van der Waals surface area contributed by atoms with E-state index in [2.05, 4.69) is 18.3 Å². The summed E-state index contributed by atoms with van der Waals surface area (Å²) in [5.41, 5.74) is 1.48. The van der Waals surface area contributed by atoms with Crippen LogP contribution in [0.25, 0.3) is 0 Å². The minimum atomic E-state index is 0. The van der Waals surface area contributed by atoms with Crippen molar-refractivity contribution < 1.29 is 4.74 Å². The molecule has 3 atom stereocenters. The van der Waals surface area contributed by atoms with Crippen LogP contribution in [0.5, 0.6) is 0 Å². The fourth-order valence-electron chi connectivity index (χ4n) is 3.79. The average molecular weight is 337 g/mol. The van der Waals surface area contributed by atoms with E-state index in [1.165, 1.54) is 5.56 Å². The van der Waals surface area contributed by atoms with E-state index < -0.39 is 0 Å². The van der Waals surface area contributed by atoms with Gasteiger partial charge in [-0.05, 0) is 49.9 Å². The fraction of sp³-hybridized carbons (Fsp3) is 0.600. The quantitative estimate of drug-likeness (QED) is 0.898. The van der Waals surface area contributed by atoms with Gasteiger partial charge in [0.15, 0.2) is 0 Å². The van der Waals surface area contributed by atoms with Crippen molar-refractivity contribution in [2.24, 2.45) is 5.92 Å². The smallest absolute Gasteiger partial charge is 0.0595 e. The molecule has 2 nitrogen and oxygen atoms in total. The van der Waals surface area contributed by atoms with Gasteiger partial charge in [0, 0.05) is 18.6 Å². The van der Waals surface area contributed by atoms with Crippen molar-refractivity contribution in [3.05, 3.63) is 33.8 Å². The van der Waals surface area contributed by atoms with Gasteiger partial charge in [0.05, 0.1) is 16.1 Å². The van der Waals surface area contributed by atoms with E-state index in [-0.39, 0.29) is 17.8 Å². The Balaban J connectivity index is 0.00000147. The molecule has 20 heavy (non-hydrogen) atoms. The van der Waals surface area contributed by atoms with Crippen molar-refractivity contribution in [3.8, 4) is 0 Å². The van der Waals surface area contributed by atoms with E-state index in [9.17, 15) is 0 Å². The lowest BCUT2D eigenvalue weighted by molar-refractivity contribution is 0.0613. The third-order valence-electron chi connectivity index (χ3n) is 4.65. The van der Waals surface area contributed by atoms with Crippen LogP contribution in [-0.2, 0) is 10.2 Å². The highest BCUT2D eigenvalue weighted by molar-refractivity contribution is 6.42. The molecule has 5 heteroatoms. The first-order valence-electron chi connectivity index (χ1n) is 6.93. The summed E-state index contributed by atoms with van der Waals surface area (Å²) in [6.45, 7) is 4.95. The molecule has 0 spiro atoms. The normalized spacial score (nSPS) is 31.9. The first-order valence-corrected chi connectivity index (χ1v) is 7.69. The van der Waals surface area contributed by atoms with Crippen molar-refractivity contribution in [3.63, 3.8) is 0 Å². The van der Waals surface area contributed by atoms with Crippen LogP contribution in [0.15, 0.2) is 18.2 Å². The van der Waals surface area contributed by atoms with Crippen LogP contribution in [0.3, 0.4) is 0 Å². The van der Waals surface area contributed by atoms with Gasteiger partial charge in [-0.1, -0.05) is 29.3 Å². The van der Waals surface area contributed by atoms with Crippen LogP contribution >= 0.6 is 35.6 Å². The monoisotopic (exact) mass is 335 g/mol. The van der Waals surface area contributed by atoms with E-state index in [1.807, 2.05) is 12.1 Å². The van der Waals surface area contributed by atoms with Gasteiger partial charge >= 0.3 is 0 Å². The molecule has 1 aliphatic heterocycles. The van der Waals surface area contributed by atoms with Gasteiger partial charge in [0.2, 0.25) is 0 Å². The Morgan fingerprint density at radius 3 is 2.85 bits per heavy atom. The Bertz CT molecular complexity index is 482. The van der Waals surface area contributed by atoms with Gasteiger partial charge in [-0.15, -0.1) is 12.4 Å². The second-order valence-corrected chi connectivity index (χ2v) is 6.44. The van der Waals surface area contributed by atoms with Crippen molar-refractivity contribution in [2.75, 3.05) is 19.7 Å². The summed E-state index contributed by atoms with van der Waals surface area (Å²) >= 11 is 12.2. The maximum Gasteiger partial charge on any atom is 0.0595 e. The second kappa shape index (κ2) is 6.41. The number of hydrogen-bond acceptors (Lipinski definition) is 2. The van der Waals surface area contributed by atoms with Crippen molar-refractivity contribution >= 4 is 35.6 Å².